The fraction of sp³-hybridized carbons (Fsp3) is 0.500. The minimum atomic E-state index is 0.0980. The van der Waals surface area contributed by atoms with Crippen LogP contribution < -0.4 is 4.74 Å². The van der Waals surface area contributed by atoms with Crippen LogP contribution in [0.5, 0.6) is 5.75 Å². The molecular formula is C24H30N2O3S. The van der Waals surface area contributed by atoms with Gasteiger partial charge in [-0.3, -0.25) is 9.59 Å². The number of thiophene rings is 1. The third-order valence-electron chi connectivity index (χ3n) is 5.97. The summed E-state index contributed by atoms with van der Waals surface area (Å²) >= 11 is 1.56. The summed E-state index contributed by atoms with van der Waals surface area (Å²) in [5.41, 5.74) is 0.697. The summed E-state index contributed by atoms with van der Waals surface area (Å²) in [7, 11) is 0. The van der Waals surface area contributed by atoms with Gasteiger partial charge in [0.2, 0.25) is 0 Å². The first-order valence-electron chi connectivity index (χ1n) is 11.0. The number of piperidine rings is 2. The molecule has 30 heavy (non-hydrogen) atoms. The first kappa shape index (κ1) is 20.9. The highest BCUT2D eigenvalue weighted by Crippen LogP contribution is 2.24. The van der Waals surface area contributed by atoms with Crippen LogP contribution in [-0.4, -0.2) is 54.4 Å². The molecule has 2 aliphatic rings. The van der Waals surface area contributed by atoms with Crippen molar-refractivity contribution in [3.63, 3.8) is 0 Å². The molecule has 1 aromatic carbocycles. The van der Waals surface area contributed by atoms with Crippen molar-refractivity contribution in [2.75, 3.05) is 32.8 Å². The highest BCUT2D eigenvalue weighted by atomic mass is 32.1. The van der Waals surface area contributed by atoms with Crippen molar-refractivity contribution in [1.82, 2.24) is 9.80 Å². The lowest BCUT2D eigenvalue weighted by atomic mass is 9.99. The first-order chi connectivity index (χ1) is 14.6. The van der Waals surface area contributed by atoms with E-state index in [0.29, 0.717) is 18.1 Å². The quantitative estimate of drug-likeness (QED) is 0.701. The zero-order chi connectivity index (χ0) is 20.9. The molecule has 2 saturated heterocycles. The average molecular weight is 427 g/mol. The van der Waals surface area contributed by atoms with E-state index in [4.69, 9.17) is 4.74 Å². The van der Waals surface area contributed by atoms with Gasteiger partial charge in [-0.25, -0.2) is 0 Å². The molecule has 160 valence electrons. The van der Waals surface area contributed by atoms with Crippen LogP contribution in [0.4, 0.5) is 0 Å². The minimum Gasteiger partial charge on any atom is -0.493 e. The van der Waals surface area contributed by atoms with Gasteiger partial charge in [0.15, 0.2) is 0 Å². The van der Waals surface area contributed by atoms with Crippen LogP contribution in [0.15, 0.2) is 36.4 Å². The number of carbonyl (C=O) groups is 2. The summed E-state index contributed by atoms with van der Waals surface area (Å²) < 4.78 is 6.06. The number of hydrogen-bond acceptors (Lipinski definition) is 4. The summed E-state index contributed by atoms with van der Waals surface area (Å²) in [5.74, 6) is 1.27. The molecule has 1 aromatic heterocycles. The Kier molecular flexibility index (Phi) is 6.72. The van der Waals surface area contributed by atoms with Crippen LogP contribution in [0.2, 0.25) is 0 Å². The van der Waals surface area contributed by atoms with Crippen LogP contribution in [0.3, 0.4) is 0 Å². The summed E-state index contributed by atoms with van der Waals surface area (Å²) in [6.45, 7) is 5.82. The van der Waals surface area contributed by atoms with Crippen molar-refractivity contribution in [2.45, 2.75) is 39.0 Å². The maximum absolute atomic E-state index is 12.8. The topological polar surface area (TPSA) is 49.9 Å². The molecule has 0 spiro atoms. The van der Waals surface area contributed by atoms with Crippen LogP contribution in [0.25, 0.3) is 0 Å². The lowest BCUT2D eigenvalue weighted by Crippen LogP contribution is -2.41. The molecule has 0 radical (unpaired) electrons. The zero-order valence-electron chi connectivity index (χ0n) is 17.6. The fourth-order valence-electron chi connectivity index (χ4n) is 4.30. The van der Waals surface area contributed by atoms with Gasteiger partial charge < -0.3 is 14.5 Å². The molecule has 2 fully saturated rings. The molecule has 0 N–H and O–H groups in total. The van der Waals surface area contributed by atoms with Gasteiger partial charge >= 0.3 is 0 Å². The molecule has 3 heterocycles. The standard InChI is InChI=1S/C24H30N2O3S/c1-18-10-11-22(30-18)24(28)26-14-6-7-19(16-26)17-29-21-9-5-8-20(15-21)23(27)25-12-3-2-4-13-25/h5,8-11,15,19H,2-4,6-7,12-14,16-17H2,1H3. The SMILES string of the molecule is Cc1ccc(C(=O)N2CCCC(COc3cccc(C(=O)N4CCCCC4)c3)C2)s1. The number of ether oxygens (including phenoxy) is 1. The molecule has 4 rings (SSSR count). The molecular weight excluding hydrogens is 396 g/mol. The second kappa shape index (κ2) is 9.65. The van der Waals surface area contributed by atoms with E-state index in [2.05, 4.69) is 0 Å². The molecule has 2 aliphatic heterocycles. The van der Waals surface area contributed by atoms with Crippen molar-refractivity contribution in [1.29, 1.82) is 0 Å². The number of amides is 2. The Labute approximate surface area is 182 Å². The van der Waals surface area contributed by atoms with E-state index in [9.17, 15) is 9.59 Å². The van der Waals surface area contributed by atoms with E-state index in [-0.39, 0.29) is 11.8 Å². The first-order valence-corrected chi connectivity index (χ1v) is 11.8. The van der Waals surface area contributed by atoms with Gasteiger partial charge in [0.25, 0.3) is 11.8 Å². The van der Waals surface area contributed by atoms with Gasteiger partial charge in [-0.2, -0.15) is 0 Å². The molecule has 1 atom stereocenters. The predicted molar refractivity (Wildman–Crippen MR) is 119 cm³/mol. The number of benzene rings is 1. The highest BCUT2D eigenvalue weighted by molar-refractivity contribution is 7.13. The van der Waals surface area contributed by atoms with E-state index in [1.807, 2.05) is 53.1 Å². The molecule has 6 heteroatoms. The van der Waals surface area contributed by atoms with E-state index < -0.39 is 0 Å². The Morgan fingerprint density at radius 1 is 1.00 bits per heavy atom. The number of likely N-dealkylation sites (tertiary alicyclic amines) is 2. The summed E-state index contributed by atoms with van der Waals surface area (Å²) in [6.07, 6.45) is 5.44. The Hall–Kier alpha value is -2.34. The molecule has 5 nitrogen and oxygen atoms in total. The Bertz CT molecular complexity index is 888. The molecule has 0 bridgehead atoms. The number of rotatable bonds is 5. The summed E-state index contributed by atoms with van der Waals surface area (Å²) in [4.78, 5) is 31.4. The molecule has 0 saturated carbocycles. The third-order valence-corrected chi connectivity index (χ3v) is 6.96. The fourth-order valence-corrected chi connectivity index (χ4v) is 5.14. The second-order valence-corrected chi connectivity index (χ2v) is 9.65. The monoisotopic (exact) mass is 426 g/mol. The highest BCUT2D eigenvalue weighted by Gasteiger charge is 2.26. The maximum Gasteiger partial charge on any atom is 0.263 e. The van der Waals surface area contributed by atoms with E-state index in [1.165, 1.54) is 6.42 Å². The zero-order valence-corrected chi connectivity index (χ0v) is 18.5. The smallest absolute Gasteiger partial charge is 0.263 e. The largest absolute Gasteiger partial charge is 0.493 e. The summed E-state index contributed by atoms with van der Waals surface area (Å²) in [6, 6.07) is 11.5. The Balaban J connectivity index is 1.33. The average Bonchev–Trinajstić information content (AvgIpc) is 3.24. The summed E-state index contributed by atoms with van der Waals surface area (Å²) in [5, 5.41) is 0. The van der Waals surface area contributed by atoms with Gasteiger partial charge in [0, 0.05) is 42.5 Å². The second-order valence-electron chi connectivity index (χ2n) is 8.36. The number of carbonyl (C=O) groups excluding carboxylic acids is 2. The molecule has 2 aromatic rings. The van der Waals surface area contributed by atoms with Crippen molar-refractivity contribution >= 4 is 23.2 Å². The van der Waals surface area contributed by atoms with Crippen LogP contribution >= 0.6 is 11.3 Å². The molecule has 2 amide bonds. The van der Waals surface area contributed by atoms with E-state index >= 15 is 0 Å². The molecule has 1 unspecified atom stereocenters. The number of nitrogens with zero attached hydrogens (tertiary/aromatic N) is 2. The minimum absolute atomic E-state index is 0.0980. The van der Waals surface area contributed by atoms with Gasteiger partial charge in [-0.05, 0) is 69.4 Å². The Morgan fingerprint density at radius 3 is 2.57 bits per heavy atom. The van der Waals surface area contributed by atoms with Crippen LogP contribution in [0, 0.1) is 12.8 Å². The van der Waals surface area contributed by atoms with Crippen LogP contribution in [0.1, 0.15) is 57.0 Å². The van der Waals surface area contributed by atoms with Crippen molar-refractivity contribution in [3.05, 3.63) is 51.7 Å². The van der Waals surface area contributed by atoms with Gasteiger partial charge in [0.05, 0.1) is 11.5 Å². The lowest BCUT2D eigenvalue weighted by molar-refractivity contribution is 0.0636. The lowest BCUT2D eigenvalue weighted by Gasteiger charge is -2.32. The van der Waals surface area contributed by atoms with E-state index in [0.717, 1.165) is 67.4 Å². The molecule has 0 aliphatic carbocycles. The van der Waals surface area contributed by atoms with Crippen LogP contribution in [-0.2, 0) is 0 Å². The number of aryl methyl sites for hydroxylation is 1. The Morgan fingerprint density at radius 2 is 1.80 bits per heavy atom. The van der Waals surface area contributed by atoms with E-state index in [1.54, 1.807) is 11.3 Å². The van der Waals surface area contributed by atoms with Gasteiger partial charge in [0.1, 0.15) is 5.75 Å². The normalized spacial score (nSPS) is 19.6. The number of hydrogen-bond donors (Lipinski definition) is 0. The maximum atomic E-state index is 12.8. The van der Waals surface area contributed by atoms with Crippen molar-refractivity contribution in [2.24, 2.45) is 5.92 Å². The van der Waals surface area contributed by atoms with Crippen molar-refractivity contribution in [3.8, 4) is 5.75 Å². The van der Waals surface area contributed by atoms with Crippen molar-refractivity contribution < 1.29 is 14.3 Å². The van der Waals surface area contributed by atoms with Gasteiger partial charge in [-0.1, -0.05) is 6.07 Å². The third kappa shape index (κ3) is 5.04. The predicted octanol–water partition coefficient (Wildman–Crippen LogP) is 4.61. The van der Waals surface area contributed by atoms with Gasteiger partial charge in [-0.15, -0.1) is 11.3 Å².